The number of nitrogens with one attached hydrogen (secondary N) is 1. The first-order valence-electron chi connectivity index (χ1n) is 6.18. The van der Waals surface area contributed by atoms with E-state index in [9.17, 15) is 0 Å². The average molecular weight is 248 g/mol. The van der Waals surface area contributed by atoms with Crippen molar-refractivity contribution in [1.82, 2.24) is 4.98 Å². The summed E-state index contributed by atoms with van der Waals surface area (Å²) < 4.78 is 1.26. The molecular formula is C14H20N2S. The first-order valence-corrected chi connectivity index (χ1v) is 7.00. The molecule has 2 aromatic rings. The lowest BCUT2D eigenvalue weighted by molar-refractivity contribution is 0.539. The number of aromatic nitrogens is 1. The molecule has 0 saturated heterocycles. The van der Waals surface area contributed by atoms with E-state index in [-0.39, 0.29) is 0 Å². The van der Waals surface area contributed by atoms with Gasteiger partial charge in [0.05, 0.1) is 10.2 Å². The first kappa shape index (κ1) is 12.4. The van der Waals surface area contributed by atoms with Crippen LogP contribution in [0.15, 0.2) is 18.2 Å². The summed E-state index contributed by atoms with van der Waals surface area (Å²) >= 11 is 1.74. The van der Waals surface area contributed by atoms with Gasteiger partial charge in [0.25, 0.3) is 0 Å². The number of anilines is 1. The lowest BCUT2D eigenvalue weighted by Crippen LogP contribution is -2.17. The number of nitrogens with zero attached hydrogens (tertiary/aromatic N) is 1. The highest BCUT2D eigenvalue weighted by Gasteiger charge is 2.08. The number of fused-ring (bicyclic) bond motifs is 1. The minimum Gasteiger partial charge on any atom is -0.359 e. The van der Waals surface area contributed by atoms with Crippen LogP contribution in [0.5, 0.6) is 0 Å². The number of benzene rings is 1. The Morgan fingerprint density at radius 2 is 2.06 bits per heavy atom. The molecule has 1 aromatic carbocycles. The van der Waals surface area contributed by atoms with Crippen molar-refractivity contribution in [3.8, 4) is 0 Å². The molecule has 0 aliphatic carbocycles. The first-order chi connectivity index (χ1) is 8.04. The van der Waals surface area contributed by atoms with Crippen molar-refractivity contribution in [2.24, 2.45) is 5.92 Å². The predicted octanol–water partition coefficient (Wildman–Crippen LogP) is 4.45. The summed E-state index contributed by atoms with van der Waals surface area (Å²) in [6, 6.07) is 6.92. The van der Waals surface area contributed by atoms with Gasteiger partial charge in [-0.25, -0.2) is 4.98 Å². The average Bonchev–Trinajstić information content (AvgIpc) is 2.57. The fourth-order valence-electron chi connectivity index (χ4n) is 2.08. The second-order valence-corrected chi connectivity index (χ2v) is 6.20. The van der Waals surface area contributed by atoms with Gasteiger partial charge in [0, 0.05) is 6.04 Å². The zero-order valence-corrected chi connectivity index (χ0v) is 11.8. The van der Waals surface area contributed by atoms with Gasteiger partial charge >= 0.3 is 0 Å². The smallest absolute Gasteiger partial charge is 0.183 e. The van der Waals surface area contributed by atoms with E-state index in [0.29, 0.717) is 12.0 Å². The molecule has 0 aliphatic rings. The highest BCUT2D eigenvalue weighted by molar-refractivity contribution is 7.22. The Balaban J connectivity index is 2.14. The third-order valence-corrected chi connectivity index (χ3v) is 3.71. The molecule has 1 unspecified atom stereocenters. The number of rotatable bonds is 4. The van der Waals surface area contributed by atoms with Crippen molar-refractivity contribution < 1.29 is 0 Å². The van der Waals surface area contributed by atoms with Crippen LogP contribution in [0.25, 0.3) is 10.2 Å². The number of aryl methyl sites for hydroxylation is 1. The minimum absolute atomic E-state index is 0.483. The topological polar surface area (TPSA) is 24.9 Å². The van der Waals surface area contributed by atoms with Crippen molar-refractivity contribution in [2.45, 2.75) is 40.2 Å². The molecule has 0 bridgehead atoms. The molecule has 2 rings (SSSR count). The second kappa shape index (κ2) is 5.05. The molecule has 2 nitrogen and oxygen atoms in total. The Morgan fingerprint density at radius 3 is 2.76 bits per heavy atom. The van der Waals surface area contributed by atoms with Gasteiger partial charge in [-0.1, -0.05) is 31.3 Å². The van der Waals surface area contributed by atoms with Crippen LogP contribution in [-0.4, -0.2) is 11.0 Å². The highest BCUT2D eigenvalue weighted by atomic mass is 32.1. The zero-order chi connectivity index (χ0) is 12.4. The molecule has 0 spiro atoms. The fraction of sp³-hybridized carbons (Fsp3) is 0.500. The summed E-state index contributed by atoms with van der Waals surface area (Å²) in [5.41, 5.74) is 2.37. The molecule has 0 amide bonds. The van der Waals surface area contributed by atoms with Crippen molar-refractivity contribution in [2.75, 3.05) is 5.32 Å². The van der Waals surface area contributed by atoms with Crippen molar-refractivity contribution in [1.29, 1.82) is 0 Å². The predicted molar refractivity (Wildman–Crippen MR) is 76.9 cm³/mol. The normalized spacial score (nSPS) is 13.2. The standard InChI is InChI=1S/C14H20N2S/c1-9(2)7-11(4)15-14-16-12-8-10(3)5-6-13(12)17-14/h5-6,8-9,11H,7H2,1-4H3,(H,15,16). The van der Waals surface area contributed by atoms with Gasteiger partial charge in [0.1, 0.15) is 0 Å². The van der Waals surface area contributed by atoms with Gasteiger partial charge in [0.2, 0.25) is 0 Å². The molecular weight excluding hydrogens is 228 g/mol. The molecule has 3 heteroatoms. The molecule has 1 N–H and O–H groups in total. The SMILES string of the molecule is Cc1ccc2sc(NC(C)CC(C)C)nc2c1. The third kappa shape index (κ3) is 3.19. The maximum atomic E-state index is 4.63. The van der Waals surface area contributed by atoms with E-state index in [1.807, 2.05) is 0 Å². The summed E-state index contributed by atoms with van der Waals surface area (Å²) in [4.78, 5) is 4.63. The molecule has 0 radical (unpaired) electrons. The maximum absolute atomic E-state index is 4.63. The Hall–Kier alpha value is -1.09. The van der Waals surface area contributed by atoms with Crippen LogP contribution in [0, 0.1) is 12.8 Å². The van der Waals surface area contributed by atoms with Gasteiger partial charge in [-0.3, -0.25) is 0 Å². The molecule has 0 fully saturated rings. The highest BCUT2D eigenvalue weighted by Crippen LogP contribution is 2.27. The van der Waals surface area contributed by atoms with Crippen molar-refractivity contribution in [3.63, 3.8) is 0 Å². The summed E-state index contributed by atoms with van der Waals surface area (Å²) in [6.45, 7) is 8.82. The van der Waals surface area contributed by atoms with Crippen LogP contribution in [-0.2, 0) is 0 Å². The minimum atomic E-state index is 0.483. The number of hydrogen-bond acceptors (Lipinski definition) is 3. The lowest BCUT2D eigenvalue weighted by atomic mass is 10.1. The largest absolute Gasteiger partial charge is 0.359 e. The lowest BCUT2D eigenvalue weighted by Gasteiger charge is -2.14. The summed E-state index contributed by atoms with van der Waals surface area (Å²) in [5, 5.41) is 4.53. The molecule has 1 atom stereocenters. The summed E-state index contributed by atoms with van der Waals surface area (Å²) in [6.07, 6.45) is 1.18. The van der Waals surface area contributed by atoms with Gasteiger partial charge in [-0.2, -0.15) is 0 Å². The van der Waals surface area contributed by atoms with E-state index in [2.05, 4.69) is 56.2 Å². The Morgan fingerprint density at radius 1 is 1.29 bits per heavy atom. The van der Waals surface area contributed by atoms with Gasteiger partial charge < -0.3 is 5.32 Å². The van der Waals surface area contributed by atoms with E-state index >= 15 is 0 Å². The van der Waals surface area contributed by atoms with Crippen LogP contribution in [0.3, 0.4) is 0 Å². The van der Waals surface area contributed by atoms with Gasteiger partial charge in [-0.15, -0.1) is 0 Å². The third-order valence-electron chi connectivity index (χ3n) is 2.74. The van der Waals surface area contributed by atoms with Crippen molar-refractivity contribution in [3.05, 3.63) is 23.8 Å². The maximum Gasteiger partial charge on any atom is 0.183 e. The quantitative estimate of drug-likeness (QED) is 0.864. The summed E-state index contributed by atoms with van der Waals surface area (Å²) in [7, 11) is 0. The monoisotopic (exact) mass is 248 g/mol. The summed E-state index contributed by atoms with van der Waals surface area (Å²) in [5.74, 6) is 0.717. The van der Waals surface area contributed by atoms with Crippen LogP contribution >= 0.6 is 11.3 Å². The Kier molecular flexibility index (Phi) is 3.67. The van der Waals surface area contributed by atoms with Crippen LogP contribution < -0.4 is 5.32 Å². The van der Waals surface area contributed by atoms with E-state index in [1.165, 1.54) is 16.7 Å². The van der Waals surface area contributed by atoms with Crippen molar-refractivity contribution >= 4 is 26.7 Å². The Labute approximate surface area is 107 Å². The molecule has 92 valence electrons. The van der Waals surface area contributed by atoms with Crippen LogP contribution in [0.2, 0.25) is 0 Å². The fourth-order valence-corrected chi connectivity index (χ4v) is 3.03. The number of hydrogen-bond donors (Lipinski definition) is 1. The molecule has 17 heavy (non-hydrogen) atoms. The molecule has 1 heterocycles. The van der Waals surface area contributed by atoms with E-state index in [0.717, 1.165) is 10.6 Å². The van der Waals surface area contributed by atoms with Gasteiger partial charge in [-0.05, 0) is 43.9 Å². The molecule has 0 saturated carbocycles. The van der Waals surface area contributed by atoms with Crippen LogP contribution in [0.4, 0.5) is 5.13 Å². The van der Waals surface area contributed by atoms with E-state index < -0.39 is 0 Å². The second-order valence-electron chi connectivity index (χ2n) is 5.17. The van der Waals surface area contributed by atoms with Gasteiger partial charge in [0.15, 0.2) is 5.13 Å². The van der Waals surface area contributed by atoms with E-state index in [1.54, 1.807) is 11.3 Å². The molecule has 1 aromatic heterocycles. The molecule has 0 aliphatic heterocycles. The zero-order valence-electron chi connectivity index (χ0n) is 10.9. The Bertz CT molecular complexity index is 502. The van der Waals surface area contributed by atoms with Crippen LogP contribution in [0.1, 0.15) is 32.8 Å². The number of thiazole rings is 1. The van der Waals surface area contributed by atoms with E-state index in [4.69, 9.17) is 0 Å².